The summed E-state index contributed by atoms with van der Waals surface area (Å²) < 4.78 is 1.91. The van der Waals surface area contributed by atoms with Crippen molar-refractivity contribution >= 4 is 11.8 Å². The molecule has 0 bridgehead atoms. The lowest BCUT2D eigenvalue weighted by Gasteiger charge is -2.19. The average Bonchev–Trinajstić information content (AvgIpc) is 2.83. The van der Waals surface area contributed by atoms with Gasteiger partial charge in [-0.25, -0.2) is 0 Å². The molecule has 0 amide bonds. The van der Waals surface area contributed by atoms with Crippen molar-refractivity contribution in [3.05, 3.63) is 41.7 Å². The van der Waals surface area contributed by atoms with Crippen LogP contribution >= 0.6 is 11.8 Å². The lowest BCUT2D eigenvalue weighted by Crippen LogP contribution is -2.21. The lowest BCUT2D eigenvalue weighted by atomic mass is 10.0. The molecule has 1 aromatic heterocycles. The fourth-order valence-corrected chi connectivity index (χ4v) is 2.81. The Bertz CT molecular complexity index is 520. The van der Waals surface area contributed by atoms with Crippen molar-refractivity contribution in [2.45, 2.75) is 36.7 Å². The highest BCUT2D eigenvalue weighted by atomic mass is 32.2. The molecule has 0 aliphatic carbocycles. The van der Waals surface area contributed by atoms with Gasteiger partial charge in [0.05, 0.1) is 0 Å². The molecule has 0 fully saturated rings. The van der Waals surface area contributed by atoms with Crippen molar-refractivity contribution in [1.29, 1.82) is 0 Å². The van der Waals surface area contributed by atoms with Crippen LogP contribution in [-0.4, -0.2) is 20.0 Å². The molecule has 1 aromatic carbocycles. The molecule has 0 aliphatic heterocycles. The lowest BCUT2D eigenvalue weighted by molar-refractivity contribution is 0.704. The topological polar surface area (TPSA) is 56.7 Å². The van der Waals surface area contributed by atoms with E-state index < -0.39 is 0 Å². The van der Waals surface area contributed by atoms with Gasteiger partial charge in [0.1, 0.15) is 6.33 Å². The molecule has 4 nitrogen and oxygen atoms in total. The number of hydrogen-bond donors (Lipinski definition) is 1. The number of aryl methyl sites for hydroxylation is 2. The van der Waals surface area contributed by atoms with Gasteiger partial charge in [-0.3, -0.25) is 0 Å². The second-order valence-electron chi connectivity index (χ2n) is 4.67. The number of rotatable bonds is 5. The van der Waals surface area contributed by atoms with E-state index in [4.69, 9.17) is 5.73 Å². The maximum absolute atomic E-state index is 6.32. The second-order valence-corrected chi connectivity index (χ2v) is 6.01. The summed E-state index contributed by atoms with van der Waals surface area (Å²) in [5, 5.41) is 9.10. The van der Waals surface area contributed by atoms with Gasteiger partial charge in [0.15, 0.2) is 5.16 Å². The van der Waals surface area contributed by atoms with E-state index in [0.717, 1.165) is 11.6 Å². The van der Waals surface area contributed by atoms with Gasteiger partial charge in [0, 0.05) is 18.3 Å². The van der Waals surface area contributed by atoms with Gasteiger partial charge >= 0.3 is 0 Å². The third-order valence-corrected chi connectivity index (χ3v) is 4.49. The van der Waals surface area contributed by atoms with Crippen LogP contribution in [-0.2, 0) is 13.5 Å². The largest absolute Gasteiger partial charge is 0.323 e. The van der Waals surface area contributed by atoms with Crippen LogP contribution in [0.4, 0.5) is 0 Å². The average molecular weight is 276 g/mol. The summed E-state index contributed by atoms with van der Waals surface area (Å²) in [5.41, 5.74) is 8.82. The Morgan fingerprint density at radius 1 is 1.32 bits per heavy atom. The van der Waals surface area contributed by atoms with Crippen LogP contribution in [0.25, 0.3) is 0 Å². The van der Waals surface area contributed by atoms with E-state index in [9.17, 15) is 0 Å². The molecule has 1 heterocycles. The first-order valence-electron chi connectivity index (χ1n) is 6.47. The standard InChI is InChI=1S/C14H20N4S/c1-4-11-5-7-12(8-6-11)13(15)10(2)19-14-17-16-9-18(14)3/h5-10,13H,4,15H2,1-3H3. The smallest absolute Gasteiger partial charge is 0.191 e. The summed E-state index contributed by atoms with van der Waals surface area (Å²) >= 11 is 1.65. The van der Waals surface area contributed by atoms with Crippen molar-refractivity contribution in [3.63, 3.8) is 0 Å². The summed E-state index contributed by atoms with van der Waals surface area (Å²) in [7, 11) is 1.94. The van der Waals surface area contributed by atoms with E-state index in [1.54, 1.807) is 18.1 Å². The second kappa shape index (κ2) is 6.21. The Morgan fingerprint density at radius 2 is 2.00 bits per heavy atom. The predicted octanol–water partition coefficient (Wildman–Crippen LogP) is 2.56. The number of nitrogens with two attached hydrogens (primary N) is 1. The minimum Gasteiger partial charge on any atom is -0.323 e. The summed E-state index contributed by atoms with van der Waals surface area (Å²) in [6, 6.07) is 8.53. The summed E-state index contributed by atoms with van der Waals surface area (Å²) in [6.07, 6.45) is 2.76. The molecule has 0 spiro atoms. The molecule has 19 heavy (non-hydrogen) atoms. The van der Waals surface area contributed by atoms with Gasteiger partial charge in [0.25, 0.3) is 0 Å². The van der Waals surface area contributed by atoms with Crippen LogP contribution in [0.5, 0.6) is 0 Å². The van der Waals surface area contributed by atoms with Crippen molar-refractivity contribution in [2.24, 2.45) is 12.8 Å². The van der Waals surface area contributed by atoms with Gasteiger partial charge in [-0.1, -0.05) is 49.9 Å². The Morgan fingerprint density at radius 3 is 2.53 bits per heavy atom. The van der Waals surface area contributed by atoms with E-state index in [1.165, 1.54) is 11.1 Å². The minimum atomic E-state index is -0.00685. The molecule has 2 unspecified atom stereocenters. The van der Waals surface area contributed by atoms with Gasteiger partial charge in [-0.15, -0.1) is 10.2 Å². The van der Waals surface area contributed by atoms with Crippen molar-refractivity contribution in [3.8, 4) is 0 Å². The Labute approximate surface area is 118 Å². The highest BCUT2D eigenvalue weighted by Gasteiger charge is 2.18. The fraction of sp³-hybridized carbons (Fsp3) is 0.429. The van der Waals surface area contributed by atoms with Crippen LogP contribution in [0.3, 0.4) is 0 Å². The van der Waals surface area contributed by atoms with Crippen LogP contribution in [0.1, 0.15) is 31.0 Å². The molecule has 0 saturated carbocycles. The summed E-state index contributed by atoms with van der Waals surface area (Å²) in [5.74, 6) is 0. The van der Waals surface area contributed by atoms with Gasteiger partial charge in [0.2, 0.25) is 0 Å². The zero-order valence-electron chi connectivity index (χ0n) is 11.6. The molecular weight excluding hydrogens is 256 g/mol. The first-order valence-corrected chi connectivity index (χ1v) is 7.35. The van der Waals surface area contributed by atoms with Crippen LogP contribution in [0.15, 0.2) is 35.7 Å². The quantitative estimate of drug-likeness (QED) is 0.853. The number of benzene rings is 1. The molecule has 2 aromatic rings. The van der Waals surface area contributed by atoms with Crippen molar-refractivity contribution in [1.82, 2.24) is 14.8 Å². The normalized spacial score (nSPS) is 14.3. The van der Waals surface area contributed by atoms with Crippen LogP contribution in [0.2, 0.25) is 0 Å². The monoisotopic (exact) mass is 276 g/mol. The SMILES string of the molecule is CCc1ccc(C(N)C(C)Sc2nncn2C)cc1. The molecule has 0 aliphatic rings. The van der Waals surface area contributed by atoms with Gasteiger partial charge < -0.3 is 10.3 Å². The summed E-state index contributed by atoms with van der Waals surface area (Å²) in [4.78, 5) is 0. The Balaban J connectivity index is 2.05. The highest BCUT2D eigenvalue weighted by Crippen LogP contribution is 2.29. The van der Waals surface area contributed by atoms with Crippen molar-refractivity contribution in [2.75, 3.05) is 0 Å². The predicted molar refractivity (Wildman–Crippen MR) is 79.1 cm³/mol. The maximum Gasteiger partial charge on any atom is 0.191 e. The molecule has 2 N–H and O–H groups in total. The van der Waals surface area contributed by atoms with Crippen LogP contribution in [0, 0.1) is 0 Å². The molecule has 2 rings (SSSR count). The van der Waals surface area contributed by atoms with Crippen LogP contribution < -0.4 is 5.73 Å². The first kappa shape index (κ1) is 14.1. The van der Waals surface area contributed by atoms with Crippen molar-refractivity contribution < 1.29 is 0 Å². The Hall–Kier alpha value is -1.33. The zero-order valence-corrected chi connectivity index (χ0v) is 12.4. The molecule has 102 valence electrons. The molecule has 0 radical (unpaired) electrons. The fourth-order valence-electron chi connectivity index (χ4n) is 1.87. The number of aromatic nitrogens is 3. The Kier molecular flexibility index (Phi) is 4.61. The van der Waals surface area contributed by atoms with E-state index in [0.29, 0.717) is 0 Å². The first-order chi connectivity index (χ1) is 9.11. The molecule has 2 atom stereocenters. The third kappa shape index (κ3) is 3.36. The summed E-state index contributed by atoms with van der Waals surface area (Å²) in [6.45, 7) is 4.28. The van der Waals surface area contributed by atoms with E-state index in [-0.39, 0.29) is 11.3 Å². The number of thioether (sulfide) groups is 1. The molecule has 5 heteroatoms. The maximum atomic E-state index is 6.32. The number of nitrogens with zero attached hydrogens (tertiary/aromatic N) is 3. The number of hydrogen-bond acceptors (Lipinski definition) is 4. The highest BCUT2D eigenvalue weighted by molar-refractivity contribution is 7.99. The molecule has 0 saturated heterocycles. The van der Waals surface area contributed by atoms with Gasteiger partial charge in [-0.2, -0.15) is 0 Å². The third-order valence-electron chi connectivity index (χ3n) is 3.24. The van der Waals surface area contributed by atoms with E-state index in [2.05, 4.69) is 48.3 Å². The van der Waals surface area contributed by atoms with E-state index in [1.807, 2.05) is 11.6 Å². The molecular formula is C14H20N4S. The van der Waals surface area contributed by atoms with Gasteiger partial charge in [-0.05, 0) is 17.5 Å². The zero-order chi connectivity index (χ0) is 13.8. The minimum absolute atomic E-state index is 0.00685. The van der Waals surface area contributed by atoms with E-state index >= 15 is 0 Å².